The predicted molar refractivity (Wildman–Crippen MR) is 124 cm³/mol. The van der Waals surface area contributed by atoms with Crippen molar-refractivity contribution in [2.24, 2.45) is 5.92 Å². The van der Waals surface area contributed by atoms with Gasteiger partial charge in [-0.25, -0.2) is 13.2 Å². The van der Waals surface area contributed by atoms with Gasteiger partial charge in [-0.1, -0.05) is 19.4 Å². The molecule has 1 aliphatic heterocycles. The number of likely N-dealkylation sites (tertiary alicyclic amines) is 1. The zero-order valence-corrected chi connectivity index (χ0v) is 19.5. The minimum absolute atomic E-state index is 0.0389. The van der Waals surface area contributed by atoms with Crippen LogP contribution < -0.4 is 5.32 Å². The highest BCUT2D eigenvalue weighted by atomic mass is 19.2. The highest BCUT2D eigenvalue weighted by molar-refractivity contribution is 5.94. The van der Waals surface area contributed by atoms with Crippen molar-refractivity contribution in [2.75, 3.05) is 13.1 Å². The summed E-state index contributed by atoms with van der Waals surface area (Å²) in [5.74, 6) is -2.34. The van der Waals surface area contributed by atoms with E-state index in [0.29, 0.717) is 25.9 Å². The van der Waals surface area contributed by atoms with Crippen LogP contribution in [0.1, 0.15) is 72.9 Å². The third-order valence-electron chi connectivity index (χ3n) is 7.25. The lowest BCUT2D eigenvalue weighted by atomic mass is 9.81. The lowest BCUT2D eigenvalue weighted by molar-refractivity contribution is -0.133. The van der Waals surface area contributed by atoms with E-state index in [-0.39, 0.29) is 35.3 Å². The maximum atomic E-state index is 13.9. The Labute approximate surface area is 198 Å². The van der Waals surface area contributed by atoms with Gasteiger partial charge in [-0.3, -0.25) is 9.59 Å². The molecule has 1 saturated heterocycles. The molecule has 0 bridgehead atoms. The van der Waals surface area contributed by atoms with Gasteiger partial charge in [0.2, 0.25) is 5.91 Å². The summed E-state index contributed by atoms with van der Waals surface area (Å²) in [6.45, 7) is 3.02. The Morgan fingerprint density at radius 3 is 2.68 bits per heavy atom. The fourth-order valence-corrected chi connectivity index (χ4v) is 5.60. The summed E-state index contributed by atoms with van der Waals surface area (Å²) in [7, 11) is 0. The van der Waals surface area contributed by atoms with E-state index in [4.69, 9.17) is 0 Å². The highest BCUT2D eigenvalue weighted by Gasteiger charge is 2.35. The van der Waals surface area contributed by atoms with Gasteiger partial charge in [0.05, 0.1) is 0 Å². The molecule has 0 aromatic heterocycles. The number of benzene rings is 2. The molecule has 2 aliphatic rings. The zero-order valence-electron chi connectivity index (χ0n) is 19.5. The van der Waals surface area contributed by atoms with Gasteiger partial charge < -0.3 is 10.2 Å². The van der Waals surface area contributed by atoms with Crippen LogP contribution in [-0.2, 0) is 11.2 Å². The van der Waals surface area contributed by atoms with Crippen molar-refractivity contribution in [3.63, 3.8) is 0 Å². The molecular weight excluding hydrogens is 441 g/mol. The van der Waals surface area contributed by atoms with E-state index in [1.165, 1.54) is 30.3 Å². The van der Waals surface area contributed by atoms with E-state index < -0.39 is 17.5 Å². The van der Waals surface area contributed by atoms with Crippen LogP contribution in [0.25, 0.3) is 0 Å². The van der Waals surface area contributed by atoms with Crippen LogP contribution in [0.2, 0.25) is 0 Å². The number of carbonyl (C=O) groups excluding carboxylic acids is 2. The van der Waals surface area contributed by atoms with Crippen LogP contribution in [0.15, 0.2) is 36.4 Å². The first-order chi connectivity index (χ1) is 16.4. The second kappa shape index (κ2) is 10.6. The molecule has 3 unspecified atom stereocenters. The summed E-state index contributed by atoms with van der Waals surface area (Å²) < 4.78 is 41.0. The highest BCUT2D eigenvalue weighted by Crippen LogP contribution is 2.42. The third kappa shape index (κ3) is 5.29. The molecular formula is C27H31F3N2O2. The Balaban J connectivity index is 1.40. The monoisotopic (exact) mass is 472 g/mol. The maximum Gasteiger partial charge on any atom is 0.251 e. The third-order valence-corrected chi connectivity index (χ3v) is 7.25. The molecule has 0 saturated carbocycles. The van der Waals surface area contributed by atoms with Crippen molar-refractivity contribution < 1.29 is 22.8 Å². The Morgan fingerprint density at radius 2 is 1.91 bits per heavy atom. The molecule has 4 rings (SSSR count). The van der Waals surface area contributed by atoms with Crippen molar-refractivity contribution in [1.82, 2.24) is 10.2 Å². The van der Waals surface area contributed by atoms with Crippen molar-refractivity contribution in [3.05, 3.63) is 70.5 Å². The lowest BCUT2D eigenvalue weighted by Gasteiger charge is -2.29. The molecule has 182 valence electrons. The number of nitrogens with zero attached hydrogens (tertiary/aromatic N) is 1. The van der Waals surface area contributed by atoms with Crippen LogP contribution >= 0.6 is 0 Å². The molecule has 2 amide bonds. The molecule has 1 aliphatic carbocycles. The lowest BCUT2D eigenvalue weighted by Crippen LogP contribution is -2.43. The molecule has 1 fully saturated rings. The van der Waals surface area contributed by atoms with Gasteiger partial charge in [-0.2, -0.15) is 0 Å². The first-order valence-electron chi connectivity index (χ1n) is 12.2. The minimum atomic E-state index is -0.833. The standard InChI is InChI=1S/C27H31F3N2O2/c1-2-5-17(22-10-9-18-13-24(29)25(30)15-23(18)22)14-26(33)32-11-4-8-21(32)16-31-27(34)19-6-3-7-20(28)12-19/h3,6-7,12-13,15,17,21-22H,2,4-5,8-11,14,16H2,1H3,(H,31,34). The molecule has 34 heavy (non-hydrogen) atoms. The quantitative estimate of drug-likeness (QED) is 0.562. The largest absolute Gasteiger partial charge is 0.350 e. The summed E-state index contributed by atoms with van der Waals surface area (Å²) in [5, 5.41) is 2.83. The second-order valence-corrected chi connectivity index (χ2v) is 9.47. The number of nitrogens with one attached hydrogen (secondary N) is 1. The number of fused-ring (bicyclic) bond motifs is 1. The molecule has 0 radical (unpaired) electrons. The number of carbonyl (C=O) groups is 2. The van der Waals surface area contributed by atoms with Gasteiger partial charge in [0, 0.05) is 31.1 Å². The molecule has 4 nitrogen and oxygen atoms in total. The fourth-order valence-electron chi connectivity index (χ4n) is 5.60. The number of rotatable bonds is 8. The van der Waals surface area contributed by atoms with Crippen molar-refractivity contribution in [3.8, 4) is 0 Å². The first-order valence-corrected chi connectivity index (χ1v) is 12.2. The summed E-state index contributed by atoms with van der Waals surface area (Å²) in [6, 6.07) is 8.04. The molecule has 7 heteroatoms. The Hall–Kier alpha value is -2.83. The average molecular weight is 473 g/mol. The predicted octanol–water partition coefficient (Wildman–Crippen LogP) is 5.36. The van der Waals surface area contributed by atoms with Gasteiger partial charge in [0.15, 0.2) is 11.6 Å². The number of halogens is 3. The van der Waals surface area contributed by atoms with Crippen LogP contribution in [-0.4, -0.2) is 35.8 Å². The Kier molecular flexibility index (Phi) is 7.59. The number of aryl methyl sites for hydroxylation is 1. The van der Waals surface area contributed by atoms with Crippen LogP contribution in [0, 0.1) is 23.4 Å². The second-order valence-electron chi connectivity index (χ2n) is 9.47. The van der Waals surface area contributed by atoms with Crippen LogP contribution in [0.3, 0.4) is 0 Å². The van der Waals surface area contributed by atoms with Crippen LogP contribution in [0.4, 0.5) is 13.2 Å². The molecule has 2 aromatic rings. The molecule has 1 N–H and O–H groups in total. The normalized spacial score (nSPS) is 20.3. The number of hydrogen-bond donors (Lipinski definition) is 1. The van der Waals surface area contributed by atoms with Crippen molar-refractivity contribution >= 4 is 11.8 Å². The minimum Gasteiger partial charge on any atom is -0.350 e. The summed E-state index contributed by atoms with van der Waals surface area (Å²) in [4.78, 5) is 27.6. The van der Waals surface area contributed by atoms with Crippen LogP contribution in [0.5, 0.6) is 0 Å². The zero-order chi connectivity index (χ0) is 24.2. The summed E-state index contributed by atoms with van der Waals surface area (Å²) in [6.07, 6.45) is 5.24. The average Bonchev–Trinajstić information content (AvgIpc) is 3.44. The van der Waals surface area contributed by atoms with Gasteiger partial charge in [0.25, 0.3) is 5.91 Å². The summed E-state index contributed by atoms with van der Waals surface area (Å²) in [5.41, 5.74) is 1.93. The van der Waals surface area contributed by atoms with E-state index in [1.54, 1.807) is 6.07 Å². The van der Waals surface area contributed by atoms with Crippen molar-refractivity contribution in [1.29, 1.82) is 0 Å². The van der Waals surface area contributed by atoms with Crippen molar-refractivity contribution in [2.45, 2.75) is 63.8 Å². The smallest absolute Gasteiger partial charge is 0.251 e. The SMILES string of the molecule is CCCC(CC(=O)N1CCCC1CNC(=O)c1cccc(F)c1)C1CCc2cc(F)c(F)cc21. The topological polar surface area (TPSA) is 49.4 Å². The van der Waals surface area contributed by atoms with Gasteiger partial charge in [-0.15, -0.1) is 0 Å². The molecule has 3 atom stereocenters. The van der Waals surface area contributed by atoms with E-state index in [0.717, 1.165) is 43.2 Å². The fraction of sp³-hybridized carbons (Fsp3) is 0.481. The molecule has 1 heterocycles. The Morgan fingerprint density at radius 1 is 1.12 bits per heavy atom. The van der Waals surface area contributed by atoms with E-state index in [1.807, 2.05) is 4.90 Å². The van der Waals surface area contributed by atoms with E-state index in [2.05, 4.69) is 12.2 Å². The van der Waals surface area contributed by atoms with E-state index in [9.17, 15) is 22.8 Å². The van der Waals surface area contributed by atoms with Gasteiger partial charge in [0.1, 0.15) is 5.82 Å². The number of amides is 2. The Bertz CT molecular complexity index is 1060. The van der Waals surface area contributed by atoms with Gasteiger partial charge >= 0.3 is 0 Å². The van der Waals surface area contributed by atoms with E-state index >= 15 is 0 Å². The van der Waals surface area contributed by atoms with Gasteiger partial charge in [-0.05, 0) is 85.4 Å². The summed E-state index contributed by atoms with van der Waals surface area (Å²) >= 11 is 0. The first kappa shape index (κ1) is 24.3. The molecule has 0 spiro atoms. The maximum absolute atomic E-state index is 13.9. The number of hydrogen-bond acceptors (Lipinski definition) is 2. The molecule has 2 aromatic carbocycles.